The van der Waals surface area contributed by atoms with Crippen LogP contribution in [0.3, 0.4) is 0 Å². The van der Waals surface area contributed by atoms with Gasteiger partial charge in [0.1, 0.15) is 0 Å². The van der Waals surface area contributed by atoms with Gasteiger partial charge in [-0.05, 0) is 121 Å². The predicted octanol–water partition coefficient (Wildman–Crippen LogP) is 8.09. The second-order valence-electron chi connectivity index (χ2n) is 17.2. The van der Waals surface area contributed by atoms with Crippen molar-refractivity contribution in [3.8, 4) is 0 Å². The topological polar surface area (TPSA) is 153 Å². The normalized spacial score (nSPS) is 12.8. The third-order valence-corrected chi connectivity index (χ3v) is 19.8. The molecule has 17 heteroatoms. The summed E-state index contributed by atoms with van der Waals surface area (Å²) in [5.41, 5.74) is 4.78. The van der Waals surface area contributed by atoms with Gasteiger partial charge in [-0.3, -0.25) is 4.90 Å². The quantitative estimate of drug-likeness (QED) is 0.0484. The van der Waals surface area contributed by atoms with Crippen LogP contribution in [-0.2, 0) is 46.6 Å². The molecule has 0 spiro atoms. The van der Waals surface area contributed by atoms with Crippen molar-refractivity contribution in [3.05, 3.63) is 155 Å². The van der Waals surface area contributed by atoms with Gasteiger partial charge in [-0.25, -0.2) is 33.7 Å². The van der Waals surface area contributed by atoms with Crippen molar-refractivity contribution >= 4 is 40.1 Å². The van der Waals surface area contributed by atoms with E-state index in [2.05, 4.69) is 4.90 Å². The molecule has 0 heterocycles. The van der Waals surface area contributed by atoms with Crippen molar-refractivity contribution in [2.75, 3.05) is 65.4 Å². The number of nitrogens with zero attached hydrogens (tertiary/aromatic N) is 5. The molecular formula is C51H69N5O8S4. The van der Waals surface area contributed by atoms with Crippen LogP contribution in [0.1, 0.15) is 67.3 Å². The van der Waals surface area contributed by atoms with Crippen molar-refractivity contribution in [1.82, 2.24) is 22.1 Å². The van der Waals surface area contributed by atoms with Gasteiger partial charge in [0.15, 0.2) is 0 Å². The first-order valence-corrected chi connectivity index (χ1v) is 29.1. The fraction of sp³-hybridized carbons (Fsp3) is 0.412. The van der Waals surface area contributed by atoms with E-state index in [1.54, 1.807) is 111 Å². The lowest BCUT2D eigenvalue weighted by Crippen LogP contribution is -2.39. The Kier molecular flexibility index (Phi) is 20.1. The summed E-state index contributed by atoms with van der Waals surface area (Å²) in [5, 5.41) is 0. The molecule has 0 amide bonds. The highest BCUT2D eigenvalue weighted by atomic mass is 32.2. The highest BCUT2D eigenvalue weighted by molar-refractivity contribution is 7.90. The van der Waals surface area contributed by atoms with E-state index in [4.69, 9.17) is 0 Å². The van der Waals surface area contributed by atoms with E-state index in [0.29, 0.717) is 32.5 Å². The van der Waals surface area contributed by atoms with Crippen LogP contribution in [0.15, 0.2) is 147 Å². The molecule has 0 aliphatic rings. The summed E-state index contributed by atoms with van der Waals surface area (Å²) in [6.07, 6.45) is 1.45. The van der Waals surface area contributed by atoms with Crippen molar-refractivity contribution < 1.29 is 33.7 Å². The van der Waals surface area contributed by atoms with E-state index in [-0.39, 0.29) is 84.8 Å². The van der Waals surface area contributed by atoms with Crippen LogP contribution in [-0.4, -0.2) is 121 Å². The molecular weight excluding hydrogens is 939 g/mol. The summed E-state index contributed by atoms with van der Waals surface area (Å²) < 4.78 is 117. The highest BCUT2D eigenvalue weighted by Gasteiger charge is 2.29. The SMILES string of the molecule is CCN(CCCN(CCCN(CCCN(CCCN(CC)S(=O)(=O)c1ccc(C)cc1)S(=O)(=O)c1ccc(C)cc1)Cc1ccccc1)S(=O)(=O)c1ccc(C)cc1)S(=O)(=O)c1ccc(C)cc1. The zero-order valence-corrected chi connectivity index (χ0v) is 43.6. The van der Waals surface area contributed by atoms with Crippen LogP contribution in [0.5, 0.6) is 0 Å². The lowest BCUT2D eigenvalue weighted by Gasteiger charge is -2.28. The van der Waals surface area contributed by atoms with Crippen LogP contribution in [0.25, 0.3) is 0 Å². The molecule has 370 valence electrons. The van der Waals surface area contributed by atoms with Crippen molar-refractivity contribution in [1.29, 1.82) is 0 Å². The van der Waals surface area contributed by atoms with Gasteiger partial charge in [0.05, 0.1) is 19.6 Å². The predicted molar refractivity (Wildman–Crippen MR) is 271 cm³/mol. The van der Waals surface area contributed by atoms with Crippen molar-refractivity contribution in [2.45, 2.75) is 93.4 Å². The van der Waals surface area contributed by atoms with E-state index in [1.807, 2.05) is 58.0 Å². The average molecular weight is 1010 g/mol. The molecule has 0 saturated carbocycles. The van der Waals surface area contributed by atoms with Gasteiger partial charge in [-0.1, -0.05) is 115 Å². The third kappa shape index (κ3) is 14.9. The molecule has 0 bridgehead atoms. The number of rotatable bonds is 28. The Morgan fingerprint density at radius 2 is 0.574 bits per heavy atom. The molecule has 68 heavy (non-hydrogen) atoms. The van der Waals surface area contributed by atoms with E-state index in [9.17, 15) is 33.7 Å². The number of sulfonamides is 4. The van der Waals surface area contributed by atoms with Crippen LogP contribution >= 0.6 is 0 Å². The maximum Gasteiger partial charge on any atom is 0.243 e. The van der Waals surface area contributed by atoms with E-state index in [1.165, 1.54) is 17.2 Å². The molecule has 0 radical (unpaired) electrons. The van der Waals surface area contributed by atoms with Crippen LogP contribution in [0.4, 0.5) is 0 Å². The molecule has 0 aromatic heterocycles. The fourth-order valence-corrected chi connectivity index (χ4v) is 13.9. The Bertz CT molecular complexity index is 2620. The van der Waals surface area contributed by atoms with Gasteiger partial charge in [0.25, 0.3) is 0 Å². The Labute approximate surface area is 407 Å². The minimum Gasteiger partial charge on any atom is -0.299 e. The molecule has 0 saturated heterocycles. The zero-order chi connectivity index (χ0) is 49.5. The van der Waals surface area contributed by atoms with Gasteiger partial charge >= 0.3 is 0 Å². The van der Waals surface area contributed by atoms with E-state index < -0.39 is 40.1 Å². The van der Waals surface area contributed by atoms with Gasteiger partial charge in [0, 0.05) is 58.9 Å². The average Bonchev–Trinajstić information content (AvgIpc) is 3.31. The summed E-state index contributed by atoms with van der Waals surface area (Å²) in [4.78, 5) is 2.90. The highest BCUT2D eigenvalue weighted by Crippen LogP contribution is 2.23. The first kappa shape index (κ1) is 54.6. The lowest BCUT2D eigenvalue weighted by atomic mass is 10.2. The van der Waals surface area contributed by atoms with Crippen LogP contribution < -0.4 is 0 Å². The maximum absolute atomic E-state index is 14.3. The summed E-state index contributed by atoms with van der Waals surface area (Å²) >= 11 is 0. The molecule has 0 unspecified atom stereocenters. The number of aryl methyl sites for hydroxylation is 4. The van der Waals surface area contributed by atoms with Gasteiger partial charge in [-0.15, -0.1) is 0 Å². The summed E-state index contributed by atoms with van der Waals surface area (Å²) in [6.45, 7) is 13.9. The van der Waals surface area contributed by atoms with Crippen LogP contribution in [0, 0.1) is 27.7 Å². The first-order valence-electron chi connectivity index (χ1n) is 23.3. The Hall–Kier alpha value is -4.30. The van der Waals surface area contributed by atoms with E-state index in [0.717, 1.165) is 27.8 Å². The Morgan fingerprint density at radius 1 is 0.324 bits per heavy atom. The smallest absolute Gasteiger partial charge is 0.243 e. The monoisotopic (exact) mass is 1010 g/mol. The second kappa shape index (κ2) is 25.0. The number of hydrogen-bond acceptors (Lipinski definition) is 9. The number of benzene rings is 5. The maximum atomic E-state index is 14.3. The summed E-state index contributed by atoms with van der Waals surface area (Å²) in [7, 11) is -15.5. The van der Waals surface area contributed by atoms with Crippen molar-refractivity contribution in [2.24, 2.45) is 0 Å². The van der Waals surface area contributed by atoms with Crippen LogP contribution in [0.2, 0.25) is 0 Å². The largest absolute Gasteiger partial charge is 0.299 e. The summed E-state index contributed by atoms with van der Waals surface area (Å²) in [5.74, 6) is 0. The molecule has 0 aliphatic heterocycles. The van der Waals surface area contributed by atoms with Gasteiger partial charge < -0.3 is 0 Å². The minimum absolute atomic E-state index is 0.0996. The molecule has 0 N–H and O–H groups in total. The van der Waals surface area contributed by atoms with Crippen molar-refractivity contribution in [3.63, 3.8) is 0 Å². The molecule has 0 fully saturated rings. The Morgan fingerprint density at radius 3 is 0.853 bits per heavy atom. The van der Waals surface area contributed by atoms with Gasteiger partial charge in [0.2, 0.25) is 40.1 Å². The molecule has 0 atom stereocenters. The van der Waals surface area contributed by atoms with Gasteiger partial charge in [-0.2, -0.15) is 17.2 Å². The minimum atomic E-state index is -3.96. The van der Waals surface area contributed by atoms with E-state index >= 15 is 0 Å². The first-order chi connectivity index (χ1) is 32.3. The Balaban J connectivity index is 1.31. The summed E-state index contributed by atoms with van der Waals surface area (Å²) in [6, 6.07) is 36.7. The standard InChI is InChI=1S/C51H69N5O8S4/c1-7-53(65(57,58)48-26-18-43(3)19-27-48)36-14-40-55(67(61,62)50-30-22-45(5)23-31-50)38-12-34-52(42-47-16-10-9-11-17-47)35-13-39-56(68(63,64)51-32-24-46(6)25-33-51)41-15-37-54(8-2)66(59,60)49-28-20-44(4)21-29-49/h9-11,16-33H,7-8,12-15,34-42H2,1-6H3. The lowest BCUT2D eigenvalue weighted by molar-refractivity contribution is 0.238. The molecule has 5 rings (SSSR count). The molecule has 5 aromatic carbocycles. The fourth-order valence-electron chi connectivity index (χ4n) is 7.94. The zero-order valence-electron chi connectivity index (χ0n) is 40.4. The second-order valence-corrected chi connectivity index (χ2v) is 25.0. The third-order valence-electron chi connectivity index (χ3n) is 12.0. The molecule has 13 nitrogen and oxygen atoms in total. The number of hydrogen-bond donors (Lipinski definition) is 0. The molecule has 0 aliphatic carbocycles. The molecule has 5 aromatic rings.